The fourth-order valence-corrected chi connectivity index (χ4v) is 3.75. The lowest BCUT2D eigenvalue weighted by Gasteiger charge is -2.47. The molecule has 0 amide bonds. The highest BCUT2D eigenvalue weighted by molar-refractivity contribution is 4.95. The second kappa shape index (κ2) is 10.8. The first-order valence-electron chi connectivity index (χ1n) is 10.00. The van der Waals surface area contributed by atoms with Crippen LogP contribution in [-0.4, -0.2) is 157 Å². The Hall–Kier alpha value is -0.600. The third kappa shape index (κ3) is 5.07. The van der Waals surface area contributed by atoms with Crippen LogP contribution in [0.3, 0.4) is 0 Å². The highest BCUT2D eigenvalue weighted by atomic mass is 16.8. The fraction of sp³-hybridized carbons (Fsp3) is 1.00. The molecule has 0 unspecified atom stereocenters. The van der Waals surface area contributed by atoms with Crippen LogP contribution in [0.15, 0.2) is 0 Å². The molecule has 32 heavy (non-hydrogen) atoms. The minimum atomic E-state index is -1.87. The topological polar surface area (TPSA) is 248 Å². The summed E-state index contributed by atoms with van der Waals surface area (Å²) in [6.45, 7) is -1.93. The van der Waals surface area contributed by atoms with Crippen molar-refractivity contribution >= 4 is 0 Å². The smallest absolute Gasteiger partial charge is 0.187 e. The van der Waals surface area contributed by atoms with Gasteiger partial charge in [0.15, 0.2) is 18.9 Å². The Morgan fingerprint density at radius 3 is 1.78 bits per heavy atom. The van der Waals surface area contributed by atoms with E-state index in [1.54, 1.807) is 0 Å². The molecule has 3 fully saturated rings. The van der Waals surface area contributed by atoms with Gasteiger partial charge in [-0.05, 0) is 0 Å². The molecule has 3 saturated heterocycles. The van der Waals surface area contributed by atoms with Crippen LogP contribution in [0.4, 0.5) is 0 Å². The van der Waals surface area contributed by atoms with E-state index in [1.807, 2.05) is 0 Å². The van der Waals surface area contributed by atoms with E-state index >= 15 is 0 Å². The Bertz CT molecular complexity index is 594. The molecule has 3 rings (SSSR count). The molecule has 0 aromatic carbocycles. The Morgan fingerprint density at radius 1 is 0.594 bits per heavy atom. The first kappa shape index (κ1) is 26.0. The molecule has 188 valence electrons. The van der Waals surface area contributed by atoms with Crippen molar-refractivity contribution in [2.24, 2.45) is 0 Å². The number of rotatable bonds is 6. The zero-order chi connectivity index (χ0) is 23.7. The number of hydrogen-bond donors (Lipinski definition) is 10. The van der Waals surface area contributed by atoms with Gasteiger partial charge < -0.3 is 74.7 Å². The molecule has 0 aliphatic carbocycles. The molecule has 14 atom stereocenters. The van der Waals surface area contributed by atoms with E-state index in [2.05, 4.69) is 0 Å². The Kier molecular flexibility index (Phi) is 8.75. The van der Waals surface area contributed by atoms with Gasteiger partial charge in [0.05, 0.1) is 19.8 Å². The van der Waals surface area contributed by atoms with Gasteiger partial charge in [-0.2, -0.15) is 0 Å². The minimum Gasteiger partial charge on any atom is -0.394 e. The number of aliphatic hydroxyl groups is 10. The predicted octanol–water partition coefficient (Wildman–Crippen LogP) is -6.93. The summed E-state index contributed by atoms with van der Waals surface area (Å²) in [6, 6.07) is 0. The van der Waals surface area contributed by atoms with Crippen molar-refractivity contribution in [3.8, 4) is 0 Å². The van der Waals surface area contributed by atoms with E-state index in [4.69, 9.17) is 23.7 Å². The van der Waals surface area contributed by atoms with Gasteiger partial charge in [0.25, 0.3) is 0 Å². The summed E-state index contributed by atoms with van der Waals surface area (Å²) in [5.41, 5.74) is 0. The van der Waals surface area contributed by atoms with Gasteiger partial charge in [-0.15, -0.1) is 0 Å². The van der Waals surface area contributed by atoms with E-state index in [0.29, 0.717) is 0 Å². The molecule has 3 aliphatic rings. The molecule has 10 N–H and O–H groups in total. The SMILES string of the molecule is OC[C@H]1O[C@H](O[C@H]2[C@H](O)[C@@H](CO)O[C@@H](O)[C@H]2O[C@@H]2OC[C@@H](O)[C@H](O)[C@H]2O)[C@@H](O)[C@@H](O)[C@@H]1O. The average molecular weight is 474 g/mol. The highest BCUT2D eigenvalue weighted by Crippen LogP contribution is 2.31. The molecular formula is C17H30O15. The van der Waals surface area contributed by atoms with Gasteiger partial charge in [-0.1, -0.05) is 0 Å². The minimum absolute atomic E-state index is 0.424. The van der Waals surface area contributed by atoms with Crippen LogP contribution in [0, 0.1) is 0 Å². The lowest BCUT2D eigenvalue weighted by molar-refractivity contribution is -0.382. The highest BCUT2D eigenvalue weighted by Gasteiger charge is 2.52. The van der Waals surface area contributed by atoms with Crippen molar-refractivity contribution in [1.82, 2.24) is 0 Å². The van der Waals surface area contributed by atoms with Crippen LogP contribution in [0.1, 0.15) is 0 Å². The summed E-state index contributed by atoms with van der Waals surface area (Å²) in [6.07, 6.45) is -23.0. The van der Waals surface area contributed by atoms with Crippen LogP contribution in [0.2, 0.25) is 0 Å². The maximum absolute atomic E-state index is 10.6. The van der Waals surface area contributed by atoms with Crippen molar-refractivity contribution in [3.05, 3.63) is 0 Å². The van der Waals surface area contributed by atoms with Crippen molar-refractivity contribution in [2.75, 3.05) is 19.8 Å². The van der Waals surface area contributed by atoms with Crippen LogP contribution < -0.4 is 0 Å². The zero-order valence-electron chi connectivity index (χ0n) is 16.7. The molecular weight excluding hydrogens is 444 g/mol. The van der Waals surface area contributed by atoms with Gasteiger partial charge in [0.1, 0.15) is 67.1 Å². The van der Waals surface area contributed by atoms with Crippen molar-refractivity contribution in [1.29, 1.82) is 0 Å². The zero-order valence-corrected chi connectivity index (χ0v) is 16.7. The molecule has 3 heterocycles. The van der Waals surface area contributed by atoms with E-state index in [9.17, 15) is 51.1 Å². The molecule has 15 nitrogen and oxygen atoms in total. The number of aliphatic hydroxyl groups excluding tert-OH is 10. The maximum atomic E-state index is 10.6. The van der Waals surface area contributed by atoms with Crippen LogP contribution in [0.25, 0.3) is 0 Å². The summed E-state index contributed by atoms with van der Waals surface area (Å²) >= 11 is 0. The summed E-state index contributed by atoms with van der Waals surface area (Å²) in [5, 5.41) is 99.2. The first-order valence-corrected chi connectivity index (χ1v) is 10.00. The first-order chi connectivity index (χ1) is 15.1. The summed E-state index contributed by atoms with van der Waals surface area (Å²) < 4.78 is 26.4. The van der Waals surface area contributed by atoms with Crippen LogP contribution >= 0.6 is 0 Å². The molecule has 0 spiro atoms. The molecule has 0 radical (unpaired) electrons. The third-order valence-corrected chi connectivity index (χ3v) is 5.70. The van der Waals surface area contributed by atoms with Crippen molar-refractivity contribution in [3.63, 3.8) is 0 Å². The molecule has 0 saturated carbocycles. The second-order valence-electron chi connectivity index (χ2n) is 7.89. The van der Waals surface area contributed by atoms with E-state index in [0.717, 1.165) is 0 Å². The molecule has 15 heteroatoms. The molecule has 0 aromatic heterocycles. The monoisotopic (exact) mass is 474 g/mol. The maximum Gasteiger partial charge on any atom is 0.187 e. The lowest BCUT2D eigenvalue weighted by atomic mass is 9.96. The fourth-order valence-electron chi connectivity index (χ4n) is 3.75. The Morgan fingerprint density at radius 2 is 1.16 bits per heavy atom. The summed E-state index contributed by atoms with van der Waals surface area (Å²) in [4.78, 5) is 0. The normalized spacial score (nSPS) is 52.7. The standard InChI is InChI=1S/C17H30O15/c18-1-5-8(22)10(24)12(26)17(30-5)31-13-9(23)6(2-19)29-15(27)14(13)32-16-11(25)7(21)4(20)3-28-16/h4-27H,1-3H2/t4-,5-,6-,7+,8-,9-,10+,11-,12+,13+,14+,15-,16+,17-/m1/s1. The van der Waals surface area contributed by atoms with Crippen molar-refractivity contribution < 1.29 is 74.7 Å². The summed E-state index contributed by atoms with van der Waals surface area (Å²) in [7, 11) is 0. The Labute approximate surface area is 181 Å². The third-order valence-electron chi connectivity index (χ3n) is 5.70. The summed E-state index contributed by atoms with van der Waals surface area (Å²) in [5.74, 6) is 0. The predicted molar refractivity (Wildman–Crippen MR) is 95.2 cm³/mol. The lowest BCUT2D eigenvalue weighted by Crippen LogP contribution is -2.66. The van der Waals surface area contributed by atoms with Crippen molar-refractivity contribution in [2.45, 2.75) is 86.0 Å². The van der Waals surface area contributed by atoms with E-state index < -0.39 is 106 Å². The molecule has 0 aromatic rings. The quantitative estimate of drug-likeness (QED) is 0.172. The molecule has 0 bridgehead atoms. The van der Waals surface area contributed by atoms with Crippen LogP contribution in [0.5, 0.6) is 0 Å². The van der Waals surface area contributed by atoms with Gasteiger partial charge in [0.2, 0.25) is 0 Å². The number of ether oxygens (including phenoxy) is 5. The Balaban J connectivity index is 1.80. The largest absolute Gasteiger partial charge is 0.394 e. The molecule has 3 aliphatic heterocycles. The van der Waals surface area contributed by atoms with E-state index in [1.165, 1.54) is 0 Å². The second-order valence-corrected chi connectivity index (χ2v) is 7.89. The van der Waals surface area contributed by atoms with Crippen LogP contribution in [-0.2, 0) is 23.7 Å². The average Bonchev–Trinajstić information content (AvgIpc) is 2.78. The van der Waals surface area contributed by atoms with E-state index in [-0.39, 0.29) is 0 Å². The van der Waals surface area contributed by atoms with Gasteiger partial charge in [-0.3, -0.25) is 0 Å². The van der Waals surface area contributed by atoms with Gasteiger partial charge >= 0.3 is 0 Å². The van der Waals surface area contributed by atoms with Gasteiger partial charge in [-0.25, -0.2) is 0 Å². The van der Waals surface area contributed by atoms with Gasteiger partial charge in [0, 0.05) is 0 Å². The number of hydrogen-bond acceptors (Lipinski definition) is 15.